The van der Waals surface area contributed by atoms with E-state index < -0.39 is 0 Å². The van der Waals surface area contributed by atoms with Gasteiger partial charge >= 0.3 is 0 Å². The molecule has 0 saturated heterocycles. The highest BCUT2D eigenvalue weighted by Gasteiger charge is 2.15. The van der Waals surface area contributed by atoms with Gasteiger partial charge in [-0.25, -0.2) is 0 Å². The fourth-order valence-electron chi connectivity index (χ4n) is 2.37. The van der Waals surface area contributed by atoms with Crippen LogP contribution in [0.15, 0.2) is 48.8 Å². The van der Waals surface area contributed by atoms with Crippen LogP contribution in [0.2, 0.25) is 10.0 Å². The summed E-state index contributed by atoms with van der Waals surface area (Å²) in [6.45, 7) is 0. The van der Waals surface area contributed by atoms with Crippen molar-refractivity contribution in [1.82, 2.24) is 9.97 Å². The third-order valence-electron chi connectivity index (χ3n) is 3.42. The summed E-state index contributed by atoms with van der Waals surface area (Å²) >= 11 is 12.4. The lowest BCUT2D eigenvalue weighted by Gasteiger charge is -2.15. The molecule has 1 atom stereocenters. The van der Waals surface area contributed by atoms with Crippen LogP contribution in [0.4, 0.5) is 0 Å². The summed E-state index contributed by atoms with van der Waals surface area (Å²) in [4.78, 5) is 8.68. The highest BCUT2D eigenvalue weighted by Crippen LogP contribution is 2.30. The highest BCUT2D eigenvalue weighted by molar-refractivity contribution is 6.36. The number of aromatic nitrogens is 2. The monoisotopic (exact) mass is 317 g/mol. The number of rotatable bonds is 3. The molecule has 0 aliphatic carbocycles. The summed E-state index contributed by atoms with van der Waals surface area (Å²) in [5.41, 5.74) is 9.79. The Labute approximate surface area is 132 Å². The van der Waals surface area contributed by atoms with Crippen LogP contribution in [0.3, 0.4) is 0 Å². The minimum Gasteiger partial charge on any atom is -0.324 e. The van der Waals surface area contributed by atoms with Crippen LogP contribution in [-0.4, -0.2) is 9.97 Å². The zero-order chi connectivity index (χ0) is 14.8. The molecule has 1 unspecified atom stereocenters. The molecule has 3 rings (SSSR count). The van der Waals surface area contributed by atoms with Gasteiger partial charge in [0.1, 0.15) is 0 Å². The first-order valence-corrected chi connectivity index (χ1v) is 7.30. The molecule has 1 heterocycles. The van der Waals surface area contributed by atoms with Crippen molar-refractivity contribution >= 4 is 34.2 Å². The molecular formula is C16H13Cl2N3. The fraction of sp³-hybridized carbons (Fsp3) is 0.125. The second kappa shape index (κ2) is 5.98. The molecule has 0 fully saturated rings. The van der Waals surface area contributed by atoms with Crippen molar-refractivity contribution in [2.75, 3.05) is 0 Å². The van der Waals surface area contributed by atoms with Crippen molar-refractivity contribution < 1.29 is 0 Å². The molecule has 1 aromatic heterocycles. The molecule has 0 aliphatic rings. The SMILES string of the molecule is NC(Cc1c(Cl)cccc1Cl)c1cccc2nccnc12. The zero-order valence-corrected chi connectivity index (χ0v) is 12.6. The van der Waals surface area contributed by atoms with Crippen molar-refractivity contribution in [3.63, 3.8) is 0 Å². The molecule has 0 aliphatic heterocycles. The lowest BCUT2D eigenvalue weighted by molar-refractivity contribution is 0.726. The van der Waals surface area contributed by atoms with Crippen molar-refractivity contribution in [3.8, 4) is 0 Å². The molecule has 0 amide bonds. The molecule has 0 bridgehead atoms. The van der Waals surface area contributed by atoms with E-state index in [1.165, 1.54) is 0 Å². The molecule has 0 radical (unpaired) electrons. The van der Waals surface area contributed by atoms with Crippen LogP contribution >= 0.6 is 23.2 Å². The van der Waals surface area contributed by atoms with E-state index in [9.17, 15) is 0 Å². The predicted molar refractivity (Wildman–Crippen MR) is 86.6 cm³/mol. The average Bonchev–Trinajstić information content (AvgIpc) is 2.50. The number of fused-ring (bicyclic) bond motifs is 1. The van der Waals surface area contributed by atoms with Gasteiger partial charge in [-0.3, -0.25) is 9.97 Å². The van der Waals surface area contributed by atoms with Crippen molar-refractivity contribution in [1.29, 1.82) is 0 Å². The molecule has 3 aromatic rings. The van der Waals surface area contributed by atoms with Gasteiger partial charge in [-0.05, 0) is 35.7 Å². The number of hydrogen-bond acceptors (Lipinski definition) is 3. The minimum absolute atomic E-state index is 0.247. The summed E-state index contributed by atoms with van der Waals surface area (Å²) < 4.78 is 0. The number of benzene rings is 2. The number of para-hydroxylation sites is 1. The summed E-state index contributed by atoms with van der Waals surface area (Å²) in [5, 5.41) is 1.26. The van der Waals surface area contributed by atoms with Crippen molar-refractivity contribution in [2.24, 2.45) is 5.73 Å². The van der Waals surface area contributed by atoms with Gasteiger partial charge in [0, 0.05) is 28.5 Å². The van der Waals surface area contributed by atoms with Crippen LogP contribution in [0.5, 0.6) is 0 Å². The molecular weight excluding hydrogens is 305 g/mol. The second-order valence-corrected chi connectivity index (χ2v) is 5.60. The Balaban J connectivity index is 2.00. The number of nitrogens with two attached hydrogens (primary N) is 1. The Hall–Kier alpha value is -1.68. The Bertz CT molecular complexity index is 764. The minimum atomic E-state index is -0.247. The molecule has 0 spiro atoms. The maximum atomic E-state index is 6.35. The Morgan fingerprint density at radius 2 is 1.62 bits per heavy atom. The zero-order valence-electron chi connectivity index (χ0n) is 11.1. The first-order chi connectivity index (χ1) is 10.2. The first-order valence-electron chi connectivity index (χ1n) is 6.55. The summed E-state index contributed by atoms with van der Waals surface area (Å²) in [7, 11) is 0. The maximum Gasteiger partial charge on any atom is 0.0934 e. The predicted octanol–water partition coefficient (Wildman–Crippen LogP) is 4.18. The number of halogens is 2. The third kappa shape index (κ3) is 2.86. The quantitative estimate of drug-likeness (QED) is 0.788. The van der Waals surface area contributed by atoms with Gasteiger partial charge in [0.15, 0.2) is 0 Å². The van der Waals surface area contributed by atoms with E-state index in [-0.39, 0.29) is 6.04 Å². The smallest absolute Gasteiger partial charge is 0.0934 e. The number of hydrogen-bond donors (Lipinski definition) is 1. The third-order valence-corrected chi connectivity index (χ3v) is 4.12. The lowest BCUT2D eigenvalue weighted by Crippen LogP contribution is -2.14. The molecule has 5 heteroatoms. The molecule has 3 nitrogen and oxygen atoms in total. The summed E-state index contributed by atoms with van der Waals surface area (Å²) in [6.07, 6.45) is 3.89. The Morgan fingerprint density at radius 3 is 2.38 bits per heavy atom. The van der Waals surface area contributed by atoms with Crippen LogP contribution in [0, 0.1) is 0 Å². The van der Waals surface area contributed by atoms with E-state index in [0.29, 0.717) is 16.5 Å². The standard InChI is InChI=1S/C16H13Cl2N3/c17-12-4-2-5-13(18)11(12)9-14(19)10-3-1-6-15-16(10)21-8-7-20-15/h1-8,14H,9,19H2. The first kappa shape index (κ1) is 14.3. The van der Waals surface area contributed by atoms with E-state index in [2.05, 4.69) is 9.97 Å². The fourth-order valence-corrected chi connectivity index (χ4v) is 2.92. The average molecular weight is 318 g/mol. The summed E-state index contributed by atoms with van der Waals surface area (Å²) in [6, 6.07) is 11.0. The van der Waals surface area contributed by atoms with Gasteiger partial charge in [0.05, 0.1) is 11.0 Å². The van der Waals surface area contributed by atoms with E-state index >= 15 is 0 Å². The largest absolute Gasteiger partial charge is 0.324 e. The van der Waals surface area contributed by atoms with Crippen LogP contribution in [-0.2, 0) is 6.42 Å². The van der Waals surface area contributed by atoms with Gasteiger partial charge in [0.25, 0.3) is 0 Å². The molecule has 2 N–H and O–H groups in total. The van der Waals surface area contributed by atoms with Crippen molar-refractivity contribution in [3.05, 3.63) is 70.0 Å². The van der Waals surface area contributed by atoms with Crippen LogP contribution < -0.4 is 5.73 Å². The van der Waals surface area contributed by atoms with E-state index in [0.717, 1.165) is 22.2 Å². The maximum absolute atomic E-state index is 6.35. The normalized spacial score (nSPS) is 12.5. The van der Waals surface area contributed by atoms with Crippen LogP contribution in [0.25, 0.3) is 11.0 Å². The van der Waals surface area contributed by atoms with Gasteiger partial charge in [0.2, 0.25) is 0 Å². The van der Waals surface area contributed by atoms with Crippen LogP contribution in [0.1, 0.15) is 17.2 Å². The van der Waals surface area contributed by atoms with E-state index in [1.54, 1.807) is 12.4 Å². The highest BCUT2D eigenvalue weighted by atomic mass is 35.5. The molecule has 21 heavy (non-hydrogen) atoms. The molecule has 2 aromatic carbocycles. The van der Waals surface area contributed by atoms with E-state index in [4.69, 9.17) is 28.9 Å². The summed E-state index contributed by atoms with van der Waals surface area (Å²) in [5.74, 6) is 0. The van der Waals surface area contributed by atoms with Gasteiger partial charge in [-0.2, -0.15) is 0 Å². The Morgan fingerprint density at radius 1 is 0.952 bits per heavy atom. The topological polar surface area (TPSA) is 51.8 Å². The van der Waals surface area contributed by atoms with Crippen molar-refractivity contribution in [2.45, 2.75) is 12.5 Å². The number of nitrogens with zero attached hydrogens (tertiary/aromatic N) is 2. The van der Waals surface area contributed by atoms with Gasteiger partial charge in [-0.15, -0.1) is 0 Å². The molecule has 0 saturated carbocycles. The van der Waals surface area contributed by atoms with E-state index in [1.807, 2.05) is 36.4 Å². The lowest BCUT2D eigenvalue weighted by atomic mass is 9.98. The second-order valence-electron chi connectivity index (χ2n) is 4.78. The van der Waals surface area contributed by atoms with Gasteiger partial charge < -0.3 is 5.73 Å². The Kier molecular flexibility index (Phi) is 4.06. The van der Waals surface area contributed by atoms with Gasteiger partial charge in [-0.1, -0.05) is 41.4 Å². The molecule has 106 valence electrons.